The third-order valence-corrected chi connectivity index (χ3v) is 4.64. The number of carbonyl (C=O) groups excluding carboxylic acids is 2. The van der Waals surface area contributed by atoms with Gasteiger partial charge in [-0.3, -0.25) is 9.59 Å². The monoisotopic (exact) mass is 382 g/mol. The Hall–Kier alpha value is -2.95. The smallest absolute Gasteiger partial charge is 0.310 e. The van der Waals surface area contributed by atoms with Crippen LogP contribution in [0, 0.1) is 0 Å². The normalized spacial score (nSPS) is 11.6. The van der Waals surface area contributed by atoms with Crippen molar-refractivity contribution in [1.29, 1.82) is 0 Å². The van der Waals surface area contributed by atoms with E-state index in [1.807, 2.05) is 30.3 Å². The van der Waals surface area contributed by atoms with Crippen molar-refractivity contribution < 1.29 is 24.2 Å². The predicted molar refractivity (Wildman–Crippen MR) is 107 cm³/mol. The number of carboxylic acids is 1. The lowest BCUT2D eigenvalue weighted by molar-refractivity contribution is -0.139. The molecule has 0 aliphatic heterocycles. The molecule has 148 valence electrons. The Balaban J connectivity index is 2.13. The lowest BCUT2D eigenvalue weighted by atomic mass is 9.88. The van der Waals surface area contributed by atoms with E-state index in [4.69, 9.17) is 4.74 Å². The summed E-state index contributed by atoms with van der Waals surface area (Å²) in [5.41, 5.74) is 1.91. The highest BCUT2D eigenvalue weighted by Gasteiger charge is 2.24. The van der Waals surface area contributed by atoms with Crippen LogP contribution in [0.25, 0.3) is 0 Å². The van der Waals surface area contributed by atoms with Gasteiger partial charge in [0.25, 0.3) is 0 Å². The Morgan fingerprint density at radius 1 is 1.07 bits per heavy atom. The van der Waals surface area contributed by atoms with Gasteiger partial charge in [-0.1, -0.05) is 49.2 Å². The Morgan fingerprint density at radius 3 is 2.46 bits per heavy atom. The first-order chi connectivity index (χ1) is 13.5. The molecule has 0 aromatic heterocycles. The average Bonchev–Trinajstić information content (AvgIpc) is 2.69. The maximum absolute atomic E-state index is 12.1. The summed E-state index contributed by atoms with van der Waals surface area (Å²) in [5, 5.41) is 9.66. The molecule has 28 heavy (non-hydrogen) atoms. The maximum Gasteiger partial charge on any atom is 0.310 e. The summed E-state index contributed by atoms with van der Waals surface area (Å²) in [6, 6.07) is 14.7. The molecule has 0 bridgehead atoms. The minimum Gasteiger partial charge on any atom is -0.489 e. The molecule has 1 atom stereocenters. The third-order valence-electron chi connectivity index (χ3n) is 4.64. The van der Waals surface area contributed by atoms with E-state index in [9.17, 15) is 19.5 Å². The van der Waals surface area contributed by atoms with E-state index in [1.54, 1.807) is 18.2 Å². The van der Waals surface area contributed by atoms with Crippen LogP contribution in [-0.4, -0.2) is 23.1 Å². The number of ether oxygens (including phenoxy) is 1. The Morgan fingerprint density at radius 2 is 1.82 bits per heavy atom. The van der Waals surface area contributed by atoms with Gasteiger partial charge in [-0.05, 0) is 43.0 Å². The zero-order valence-electron chi connectivity index (χ0n) is 16.1. The molecule has 2 aromatic carbocycles. The van der Waals surface area contributed by atoms with E-state index >= 15 is 0 Å². The van der Waals surface area contributed by atoms with Gasteiger partial charge in [-0.15, -0.1) is 0 Å². The van der Waals surface area contributed by atoms with Gasteiger partial charge in [0.15, 0.2) is 5.78 Å². The van der Waals surface area contributed by atoms with Crippen molar-refractivity contribution in [1.82, 2.24) is 0 Å². The summed E-state index contributed by atoms with van der Waals surface area (Å²) >= 11 is 0. The number of rotatable bonds is 12. The van der Waals surface area contributed by atoms with Crippen LogP contribution in [0.2, 0.25) is 0 Å². The molecule has 0 aliphatic rings. The molecule has 5 nitrogen and oxygen atoms in total. The molecule has 0 aliphatic carbocycles. The zero-order chi connectivity index (χ0) is 20.4. The van der Waals surface area contributed by atoms with Crippen LogP contribution in [-0.2, 0) is 16.2 Å². The number of Topliss-reactive ketones (excluding diaryl/α,β-unsaturated/α-hetero) is 1. The molecule has 1 N–H and O–H groups in total. The fourth-order valence-electron chi connectivity index (χ4n) is 3.14. The molecule has 0 saturated carbocycles. The molecule has 0 saturated heterocycles. The predicted octanol–water partition coefficient (Wildman–Crippen LogP) is 4.79. The van der Waals surface area contributed by atoms with Gasteiger partial charge in [-0.2, -0.15) is 0 Å². The van der Waals surface area contributed by atoms with Gasteiger partial charge in [-0.25, -0.2) is 0 Å². The first kappa shape index (κ1) is 21.4. The van der Waals surface area contributed by atoms with Gasteiger partial charge in [0.2, 0.25) is 0 Å². The van der Waals surface area contributed by atoms with E-state index in [0.717, 1.165) is 24.7 Å². The van der Waals surface area contributed by atoms with E-state index < -0.39 is 11.9 Å². The van der Waals surface area contributed by atoms with Crippen LogP contribution in [0.15, 0.2) is 48.5 Å². The standard InChI is InChI=1S/C23H26O5/c1-17(25)22-15-19(28-16-18-9-5-4-6-10-18)12-13-20(22)21(23(26)27)11-7-2-3-8-14-24/h4-6,9-10,12-15,21H,2-3,7-8,11,16H2,1H3,(H,26,27). The number of carboxylic acid groups (broad SMARTS) is 1. The summed E-state index contributed by atoms with van der Waals surface area (Å²) < 4.78 is 5.77. The van der Waals surface area contributed by atoms with E-state index in [1.165, 1.54) is 6.92 Å². The SMILES string of the molecule is CC(=O)c1cc(OCc2ccccc2)ccc1C(CCCCCC=O)C(=O)O. The van der Waals surface area contributed by atoms with Crippen LogP contribution < -0.4 is 4.74 Å². The van der Waals surface area contributed by atoms with Gasteiger partial charge < -0.3 is 14.6 Å². The quantitative estimate of drug-likeness (QED) is 0.324. The summed E-state index contributed by atoms with van der Waals surface area (Å²) in [6.45, 7) is 1.80. The second-order valence-electron chi connectivity index (χ2n) is 6.78. The zero-order valence-corrected chi connectivity index (χ0v) is 16.1. The van der Waals surface area contributed by atoms with E-state index in [2.05, 4.69) is 0 Å². The topological polar surface area (TPSA) is 80.7 Å². The number of hydrogen-bond donors (Lipinski definition) is 1. The highest BCUT2D eigenvalue weighted by molar-refractivity contribution is 5.97. The lowest BCUT2D eigenvalue weighted by Crippen LogP contribution is -2.15. The lowest BCUT2D eigenvalue weighted by Gasteiger charge is -2.17. The first-order valence-electron chi connectivity index (χ1n) is 9.51. The third kappa shape index (κ3) is 6.34. The number of ketones is 1. The molecule has 0 radical (unpaired) electrons. The number of unbranched alkanes of at least 4 members (excludes halogenated alkanes) is 3. The molecule has 2 rings (SSSR count). The molecule has 0 fully saturated rings. The molecule has 0 heterocycles. The summed E-state index contributed by atoms with van der Waals surface area (Å²) in [4.78, 5) is 34.3. The number of aldehydes is 1. The van der Waals surface area contributed by atoms with Crippen molar-refractivity contribution in [2.45, 2.75) is 51.6 Å². The molecule has 1 unspecified atom stereocenters. The van der Waals surface area contributed by atoms with Crippen molar-refractivity contribution >= 4 is 18.0 Å². The van der Waals surface area contributed by atoms with Crippen molar-refractivity contribution in [3.8, 4) is 5.75 Å². The van der Waals surface area contributed by atoms with Crippen molar-refractivity contribution in [3.63, 3.8) is 0 Å². The molecular weight excluding hydrogens is 356 g/mol. The fraction of sp³-hybridized carbons (Fsp3) is 0.348. The van der Waals surface area contributed by atoms with E-state index in [0.29, 0.717) is 42.7 Å². The number of benzene rings is 2. The number of carbonyl (C=O) groups is 3. The van der Waals surface area contributed by atoms with Gasteiger partial charge in [0.1, 0.15) is 18.6 Å². The van der Waals surface area contributed by atoms with Gasteiger partial charge >= 0.3 is 5.97 Å². The highest BCUT2D eigenvalue weighted by Crippen LogP contribution is 2.30. The minimum absolute atomic E-state index is 0.188. The van der Waals surface area contributed by atoms with Gasteiger partial charge in [0.05, 0.1) is 5.92 Å². The van der Waals surface area contributed by atoms with Crippen molar-refractivity contribution in [2.75, 3.05) is 0 Å². The number of hydrogen-bond acceptors (Lipinski definition) is 4. The van der Waals surface area contributed by atoms with E-state index in [-0.39, 0.29) is 5.78 Å². The second-order valence-corrected chi connectivity index (χ2v) is 6.78. The number of aliphatic carboxylic acids is 1. The Labute approximate surface area is 165 Å². The summed E-state index contributed by atoms with van der Waals surface area (Å²) in [6.07, 6.45) is 4.02. The van der Waals surface area contributed by atoms with Crippen LogP contribution in [0.3, 0.4) is 0 Å². The highest BCUT2D eigenvalue weighted by atomic mass is 16.5. The second kappa shape index (κ2) is 11.0. The van der Waals surface area contributed by atoms with Crippen molar-refractivity contribution in [2.24, 2.45) is 0 Å². The van der Waals surface area contributed by atoms with Crippen LogP contribution in [0.5, 0.6) is 5.75 Å². The summed E-state index contributed by atoms with van der Waals surface area (Å²) in [5.74, 6) is -1.35. The van der Waals surface area contributed by atoms with Crippen LogP contribution in [0.4, 0.5) is 0 Å². The molecule has 0 spiro atoms. The first-order valence-corrected chi connectivity index (χ1v) is 9.51. The fourth-order valence-corrected chi connectivity index (χ4v) is 3.14. The average molecular weight is 382 g/mol. The maximum atomic E-state index is 12.1. The van der Waals surface area contributed by atoms with Crippen LogP contribution in [0.1, 0.15) is 66.4 Å². The molecule has 0 amide bonds. The Kier molecular flexibility index (Phi) is 8.40. The largest absolute Gasteiger partial charge is 0.489 e. The molecule has 2 aromatic rings. The Bertz CT molecular complexity index is 798. The van der Waals surface area contributed by atoms with Gasteiger partial charge in [0, 0.05) is 12.0 Å². The molecule has 5 heteroatoms. The molecular formula is C23H26O5. The van der Waals surface area contributed by atoms with Crippen LogP contribution >= 0.6 is 0 Å². The summed E-state index contributed by atoms with van der Waals surface area (Å²) in [7, 11) is 0. The van der Waals surface area contributed by atoms with Crippen molar-refractivity contribution in [3.05, 3.63) is 65.2 Å². The minimum atomic E-state index is -0.948.